The van der Waals surface area contributed by atoms with Crippen LogP contribution in [0.15, 0.2) is 0 Å². The quantitative estimate of drug-likeness (QED) is 0.576. The topological polar surface area (TPSA) is 57.5 Å². The van der Waals surface area contributed by atoms with Crippen LogP contribution in [0.3, 0.4) is 0 Å². The van der Waals surface area contributed by atoms with Crippen molar-refractivity contribution in [3.05, 3.63) is 0 Å². The lowest BCUT2D eigenvalue weighted by atomic mass is 9.50. The smallest absolute Gasteiger partial charge is 0.450 e. The molecule has 2 N–H and O–H groups in total. The van der Waals surface area contributed by atoms with E-state index in [-0.39, 0.29) is 37.5 Å². The fraction of sp³-hybridized carbons (Fsp3) is 0.933. The summed E-state index contributed by atoms with van der Waals surface area (Å²) in [5.74, 6) is -22.3. The van der Waals surface area contributed by atoms with Gasteiger partial charge in [-0.05, 0) is 55.8 Å². The van der Waals surface area contributed by atoms with E-state index in [1.165, 1.54) is 0 Å². The van der Waals surface area contributed by atoms with Gasteiger partial charge in [-0.3, -0.25) is 0 Å². The van der Waals surface area contributed by atoms with Crippen LogP contribution in [-0.2, 0) is 0 Å². The number of rotatable bonds is 3. The van der Waals surface area contributed by atoms with Gasteiger partial charge in [0.15, 0.2) is 0 Å². The van der Waals surface area contributed by atoms with Crippen LogP contribution in [0.25, 0.3) is 0 Å². The summed E-state index contributed by atoms with van der Waals surface area (Å²) in [6.07, 6.45) is -6.92. The zero-order valence-electron chi connectivity index (χ0n) is 13.6. The van der Waals surface area contributed by atoms with Gasteiger partial charge < -0.3 is 10.2 Å². The summed E-state index contributed by atoms with van der Waals surface area (Å²) in [5, 5.41) is 13.9. The molecule has 4 fully saturated rings. The van der Waals surface area contributed by atoms with E-state index < -0.39 is 47.9 Å². The second kappa shape index (κ2) is 6.61. The summed E-state index contributed by atoms with van der Waals surface area (Å²) in [6, 6.07) is 0. The van der Waals surface area contributed by atoms with E-state index in [1.54, 1.807) is 0 Å². The minimum absolute atomic E-state index is 0.0984. The summed E-state index contributed by atoms with van der Waals surface area (Å²) in [4.78, 5) is 8.56. The Hall–Kier alpha value is -1.36. The average molecular weight is 416 g/mol. The molecule has 4 aliphatic rings. The average Bonchev–Trinajstić information content (AvgIpc) is 2.43. The summed E-state index contributed by atoms with van der Waals surface area (Å²) in [6.45, 7) is 0. The molecule has 158 valence electrons. The van der Waals surface area contributed by atoms with Crippen LogP contribution in [-0.4, -0.2) is 40.3 Å². The van der Waals surface area contributed by atoms with Gasteiger partial charge in [-0.25, -0.2) is 4.79 Å². The van der Waals surface area contributed by atoms with Gasteiger partial charge in [-0.1, -0.05) is 0 Å². The lowest BCUT2D eigenvalue weighted by Crippen LogP contribution is -2.66. The van der Waals surface area contributed by atoms with Crippen molar-refractivity contribution >= 4 is 6.16 Å². The van der Waals surface area contributed by atoms with E-state index in [4.69, 9.17) is 15.0 Å². The van der Waals surface area contributed by atoms with Crippen molar-refractivity contribution in [2.45, 2.75) is 56.0 Å². The maximum atomic E-state index is 14.2. The molecule has 0 aliphatic heterocycles. The number of hydrogen-bond donors (Lipinski definition) is 2. The van der Waals surface area contributed by atoms with Gasteiger partial charge in [0.2, 0.25) is 0 Å². The Morgan fingerprint density at radius 3 is 1.30 bits per heavy atom. The molecule has 3 nitrogen and oxygen atoms in total. The third kappa shape index (κ3) is 3.55. The molecule has 0 atom stereocenters. The molecule has 0 amide bonds. The summed E-state index contributed by atoms with van der Waals surface area (Å²) < 4.78 is 119. The molecule has 4 saturated carbocycles. The van der Waals surface area contributed by atoms with Crippen LogP contribution in [0.5, 0.6) is 0 Å². The van der Waals surface area contributed by atoms with E-state index >= 15 is 0 Å². The Labute approximate surface area is 147 Å². The zero-order chi connectivity index (χ0) is 21.0. The Morgan fingerprint density at radius 1 is 0.667 bits per heavy atom. The first-order chi connectivity index (χ1) is 12.0. The highest BCUT2D eigenvalue weighted by Crippen LogP contribution is 2.65. The molecule has 0 saturated heterocycles. The highest BCUT2D eigenvalue weighted by Gasteiger charge is 2.84. The summed E-state index contributed by atoms with van der Waals surface area (Å²) in [5.41, 5.74) is 0. The minimum atomic E-state index is -6.77. The van der Waals surface area contributed by atoms with E-state index in [0.29, 0.717) is 0 Å². The van der Waals surface area contributed by atoms with Crippen LogP contribution in [0.1, 0.15) is 32.1 Å². The van der Waals surface area contributed by atoms with Crippen molar-refractivity contribution in [2.75, 3.05) is 0 Å². The van der Waals surface area contributed by atoms with Crippen LogP contribution in [0, 0.1) is 29.6 Å². The van der Waals surface area contributed by atoms with Gasteiger partial charge in [0.1, 0.15) is 0 Å². The highest BCUT2D eigenvalue weighted by atomic mass is 19.4. The molecular formula is C15H17F9O3. The van der Waals surface area contributed by atoms with Crippen molar-refractivity contribution in [2.24, 2.45) is 29.6 Å². The van der Waals surface area contributed by atoms with Crippen LogP contribution >= 0.6 is 0 Å². The van der Waals surface area contributed by atoms with Crippen molar-refractivity contribution in [1.82, 2.24) is 0 Å². The second-order valence-corrected chi connectivity index (χ2v) is 7.51. The molecule has 0 unspecified atom stereocenters. The molecule has 0 aromatic heterocycles. The first-order valence-electron chi connectivity index (χ1n) is 8.14. The van der Waals surface area contributed by atoms with Crippen molar-refractivity contribution in [1.29, 1.82) is 0 Å². The fourth-order valence-electron chi connectivity index (χ4n) is 5.11. The maximum Gasteiger partial charge on any atom is 0.503 e. The van der Waals surface area contributed by atoms with Crippen molar-refractivity contribution < 1.29 is 54.5 Å². The Kier molecular flexibility index (Phi) is 5.37. The normalized spacial score (nSPS) is 33.4. The van der Waals surface area contributed by atoms with Crippen molar-refractivity contribution in [3.8, 4) is 0 Å². The Balaban J connectivity index is 0.000000596. The van der Waals surface area contributed by atoms with Gasteiger partial charge in [-0.2, -0.15) is 39.5 Å². The molecule has 0 spiro atoms. The largest absolute Gasteiger partial charge is 0.503 e. The van der Waals surface area contributed by atoms with Gasteiger partial charge >= 0.3 is 30.1 Å². The highest BCUT2D eigenvalue weighted by molar-refractivity contribution is 5.53. The van der Waals surface area contributed by atoms with Gasteiger partial charge in [-0.15, -0.1) is 0 Å². The summed E-state index contributed by atoms with van der Waals surface area (Å²) >= 11 is 0. The third-order valence-electron chi connectivity index (χ3n) is 5.81. The molecule has 12 heteroatoms. The van der Waals surface area contributed by atoms with Gasteiger partial charge in [0.05, 0.1) is 0 Å². The molecule has 4 bridgehead atoms. The van der Waals surface area contributed by atoms with E-state index in [1.807, 2.05) is 0 Å². The Morgan fingerprint density at radius 2 is 1.00 bits per heavy atom. The summed E-state index contributed by atoms with van der Waals surface area (Å²) in [7, 11) is 0. The first-order valence-corrected chi connectivity index (χ1v) is 8.14. The number of carboxylic acid groups (broad SMARTS) is 2. The predicted octanol–water partition coefficient (Wildman–Crippen LogP) is 5.75. The predicted molar refractivity (Wildman–Crippen MR) is 72.1 cm³/mol. The third-order valence-corrected chi connectivity index (χ3v) is 5.81. The van der Waals surface area contributed by atoms with E-state index in [9.17, 15) is 39.5 Å². The first kappa shape index (κ1) is 21.9. The van der Waals surface area contributed by atoms with Crippen LogP contribution in [0.2, 0.25) is 0 Å². The van der Waals surface area contributed by atoms with E-state index in [2.05, 4.69) is 0 Å². The van der Waals surface area contributed by atoms with Gasteiger partial charge in [0.25, 0.3) is 0 Å². The van der Waals surface area contributed by atoms with E-state index in [0.717, 1.165) is 6.42 Å². The molecule has 0 aromatic rings. The lowest BCUT2D eigenvalue weighted by Gasteiger charge is -2.57. The molecular weight excluding hydrogens is 399 g/mol. The second-order valence-electron chi connectivity index (χ2n) is 7.51. The molecule has 0 heterocycles. The molecule has 27 heavy (non-hydrogen) atoms. The number of hydrogen-bond acceptors (Lipinski definition) is 1. The lowest BCUT2D eigenvalue weighted by molar-refractivity contribution is -0.410. The number of carbonyl (C=O) groups is 1. The molecule has 4 rings (SSSR count). The van der Waals surface area contributed by atoms with Crippen LogP contribution in [0.4, 0.5) is 44.3 Å². The monoisotopic (exact) mass is 416 g/mol. The van der Waals surface area contributed by atoms with Gasteiger partial charge in [0, 0.05) is 5.92 Å². The molecule has 0 radical (unpaired) electrons. The molecule has 4 aliphatic carbocycles. The number of alkyl halides is 9. The molecule has 0 aromatic carbocycles. The SMILES string of the molecule is FC(F)(F)C(F)(F)C(F)(F)C(F)(F)C1C2CC3CC(C2)CC1C3.O=C(O)O. The minimum Gasteiger partial charge on any atom is -0.450 e. The van der Waals surface area contributed by atoms with Crippen LogP contribution < -0.4 is 0 Å². The van der Waals surface area contributed by atoms with Crippen molar-refractivity contribution in [3.63, 3.8) is 0 Å². The number of halogens is 9. The Bertz CT molecular complexity index is 541. The maximum absolute atomic E-state index is 14.2. The fourth-order valence-corrected chi connectivity index (χ4v) is 5.11. The standard InChI is InChI=1S/C14H15F9.CH2O3/c15-11(16,12(17,18)13(19,20)14(21,22)23)10-8-2-6-1-7(4-8)5-9(10)3-6;2-1(3)4/h6-10H,1-5H2;(H2,2,3,4). The zero-order valence-corrected chi connectivity index (χ0v) is 13.6.